The van der Waals surface area contributed by atoms with Gasteiger partial charge in [-0.15, -0.1) is 11.8 Å². The van der Waals surface area contributed by atoms with E-state index in [-0.39, 0.29) is 24.7 Å². The van der Waals surface area contributed by atoms with Crippen molar-refractivity contribution in [2.24, 2.45) is 11.7 Å². The van der Waals surface area contributed by atoms with Gasteiger partial charge >= 0.3 is 11.9 Å². The number of primary amides is 1. The molecule has 2 heterocycles. The number of rotatable bonds is 8. The summed E-state index contributed by atoms with van der Waals surface area (Å²) >= 11 is 1.26. The maximum Gasteiger partial charge on any atom is 0.359 e. The molecule has 0 aliphatic carbocycles. The molecule has 0 bridgehead atoms. The predicted molar refractivity (Wildman–Crippen MR) is 94.4 cm³/mol. The van der Waals surface area contributed by atoms with Crippen molar-refractivity contribution in [2.75, 3.05) is 20.1 Å². The number of hydrogen-bond acceptors (Lipinski definition) is 9. The van der Waals surface area contributed by atoms with Gasteiger partial charge in [0.1, 0.15) is 11.1 Å². The molecule has 10 nitrogen and oxygen atoms in total. The number of fused-ring (bicyclic) bond motifs is 1. The molecule has 1 unspecified atom stereocenters. The SMILES string of the molecule is CC(=O)OC(C)OC(=O)C1=C(CN(C)CC(N)=O)S[C@@H]2[C@@H]([C@@H](C)O)C(=O)N12. The number of amides is 2. The van der Waals surface area contributed by atoms with Crippen molar-refractivity contribution < 1.29 is 33.8 Å². The third-order valence-corrected chi connectivity index (χ3v) is 5.36. The molecular weight excluding hydrogens is 378 g/mol. The molecule has 2 aliphatic heterocycles. The van der Waals surface area contributed by atoms with E-state index >= 15 is 0 Å². The average Bonchev–Trinajstić information content (AvgIpc) is 2.79. The van der Waals surface area contributed by atoms with Crippen molar-refractivity contribution in [3.05, 3.63) is 10.6 Å². The van der Waals surface area contributed by atoms with Crippen LogP contribution in [0.25, 0.3) is 0 Å². The monoisotopic (exact) mass is 401 g/mol. The van der Waals surface area contributed by atoms with Crippen LogP contribution >= 0.6 is 11.8 Å². The Labute approximate surface area is 160 Å². The van der Waals surface area contributed by atoms with Crippen molar-refractivity contribution in [3.8, 4) is 0 Å². The van der Waals surface area contributed by atoms with E-state index in [0.717, 1.165) is 0 Å². The third kappa shape index (κ3) is 4.60. The molecular formula is C16H23N3O7S. The van der Waals surface area contributed by atoms with Gasteiger partial charge in [0, 0.05) is 25.3 Å². The molecule has 27 heavy (non-hydrogen) atoms. The zero-order valence-corrected chi connectivity index (χ0v) is 16.3. The van der Waals surface area contributed by atoms with Crippen LogP contribution in [-0.2, 0) is 28.7 Å². The number of hydrogen-bond donors (Lipinski definition) is 2. The van der Waals surface area contributed by atoms with E-state index in [1.807, 2.05) is 0 Å². The van der Waals surface area contributed by atoms with E-state index in [4.69, 9.17) is 15.2 Å². The van der Waals surface area contributed by atoms with Gasteiger partial charge in [-0.2, -0.15) is 0 Å². The third-order valence-electron chi connectivity index (χ3n) is 4.01. The molecule has 2 rings (SSSR count). The zero-order valence-electron chi connectivity index (χ0n) is 15.5. The standard InChI is InChI=1S/C16H23N3O7S/c1-7(20)12-14(23)19-13(16(24)26-9(3)25-8(2)21)10(27-15(12)19)5-18(4)6-11(17)22/h7,9,12,15,20H,5-6H2,1-4H3,(H2,17,22)/t7-,9?,12+,15-/m1/s1. The highest BCUT2D eigenvalue weighted by atomic mass is 32.2. The summed E-state index contributed by atoms with van der Waals surface area (Å²) in [6.07, 6.45) is -1.99. The molecule has 2 amide bonds. The maximum atomic E-state index is 12.6. The Morgan fingerprint density at radius 2 is 1.96 bits per heavy atom. The number of β-lactam (4-membered cyclic amide) rings is 1. The Hall–Kier alpha value is -2.11. The molecule has 4 atom stereocenters. The van der Waals surface area contributed by atoms with Crippen LogP contribution in [0.5, 0.6) is 0 Å². The van der Waals surface area contributed by atoms with Crippen molar-refractivity contribution in [2.45, 2.75) is 38.5 Å². The van der Waals surface area contributed by atoms with Crippen molar-refractivity contribution >= 4 is 35.5 Å². The van der Waals surface area contributed by atoms with Gasteiger partial charge in [0.2, 0.25) is 18.1 Å². The van der Waals surface area contributed by atoms with Crippen LogP contribution in [0, 0.1) is 5.92 Å². The number of nitrogens with zero attached hydrogens (tertiary/aromatic N) is 2. The number of thioether (sulfide) groups is 1. The second-order valence-corrected chi connectivity index (χ2v) is 7.69. The number of nitrogens with two attached hydrogens (primary N) is 1. The molecule has 0 aromatic carbocycles. The Morgan fingerprint density at radius 1 is 1.33 bits per heavy atom. The van der Waals surface area contributed by atoms with Crippen molar-refractivity contribution in [3.63, 3.8) is 0 Å². The molecule has 1 saturated heterocycles. The van der Waals surface area contributed by atoms with E-state index < -0.39 is 41.5 Å². The lowest BCUT2D eigenvalue weighted by Crippen LogP contribution is -2.60. The summed E-state index contributed by atoms with van der Waals surface area (Å²) < 4.78 is 9.90. The fourth-order valence-corrected chi connectivity index (χ4v) is 4.67. The first kappa shape index (κ1) is 21.2. The first-order chi connectivity index (χ1) is 12.5. The summed E-state index contributed by atoms with van der Waals surface area (Å²) in [5.41, 5.74) is 5.21. The van der Waals surface area contributed by atoms with Gasteiger partial charge in [-0.3, -0.25) is 24.2 Å². The normalized spacial score (nSPS) is 23.6. The second kappa shape index (κ2) is 8.28. The van der Waals surface area contributed by atoms with E-state index in [9.17, 15) is 24.3 Å². The van der Waals surface area contributed by atoms with Gasteiger partial charge in [-0.05, 0) is 14.0 Å². The van der Waals surface area contributed by atoms with Crippen LogP contribution in [-0.4, -0.2) is 76.6 Å². The number of likely N-dealkylation sites (N-methyl/N-ethyl adjacent to an activating group) is 1. The number of aliphatic hydroxyl groups is 1. The highest BCUT2D eigenvalue weighted by Crippen LogP contribution is 2.50. The summed E-state index contributed by atoms with van der Waals surface area (Å²) in [4.78, 5) is 50.5. The van der Waals surface area contributed by atoms with E-state index in [1.54, 1.807) is 11.9 Å². The smallest absolute Gasteiger partial charge is 0.359 e. The number of aliphatic hydroxyl groups excluding tert-OH is 1. The first-order valence-corrected chi connectivity index (χ1v) is 9.16. The van der Waals surface area contributed by atoms with E-state index in [0.29, 0.717) is 4.91 Å². The zero-order chi connectivity index (χ0) is 20.5. The van der Waals surface area contributed by atoms with Crippen LogP contribution in [0.2, 0.25) is 0 Å². The Morgan fingerprint density at radius 3 is 2.48 bits per heavy atom. The maximum absolute atomic E-state index is 12.6. The summed E-state index contributed by atoms with van der Waals surface area (Å²) in [6.45, 7) is 4.23. The lowest BCUT2D eigenvalue weighted by Gasteiger charge is -2.43. The number of carbonyl (C=O) groups is 4. The fraction of sp³-hybridized carbons (Fsp3) is 0.625. The number of esters is 2. The molecule has 2 aliphatic rings. The molecule has 0 aromatic heterocycles. The van der Waals surface area contributed by atoms with Crippen molar-refractivity contribution in [1.29, 1.82) is 0 Å². The average molecular weight is 401 g/mol. The van der Waals surface area contributed by atoms with Crippen LogP contribution in [0.4, 0.5) is 0 Å². The fourth-order valence-electron chi connectivity index (χ4n) is 2.99. The Kier molecular flexibility index (Phi) is 6.50. The van der Waals surface area contributed by atoms with Crippen LogP contribution in [0.15, 0.2) is 10.6 Å². The summed E-state index contributed by atoms with van der Waals surface area (Å²) in [5, 5.41) is 9.39. The van der Waals surface area contributed by atoms with Gasteiger partial charge in [0.05, 0.1) is 18.6 Å². The second-order valence-electron chi connectivity index (χ2n) is 6.48. The predicted octanol–water partition coefficient (Wildman–Crippen LogP) is -1.02. The van der Waals surface area contributed by atoms with Gasteiger partial charge in [-0.1, -0.05) is 0 Å². The van der Waals surface area contributed by atoms with Gasteiger partial charge in [0.25, 0.3) is 0 Å². The first-order valence-electron chi connectivity index (χ1n) is 8.29. The molecule has 1 fully saturated rings. The molecule has 0 spiro atoms. The quantitative estimate of drug-likeness (QED) is 0.297. The minimum Gasteiger partial charge on any atom is -0.426 e. The topological polar surface area (TPSA) is 139 Å². The Balaban J connectivity index is 2.23. The number of ether oxygens (including phenoxy) is 2. The molecule has 11 heteroatoms. The molecule has 150 valence electrons. The lowest BCUT2D eigenvalue weighted by atomic mass is 9.92. The molecule has 0 radical (unpaired) electrons. The lowest BCUT2D eigenvalue weighted by molar-refractivity contribution is -0.183. The van der Waals surface area contributed by atoms with Crippen LogP contribution < -0.4 is 5.73 Å². The largest absolute Gasteiger partial charge is 0.426 e. The van der Waals surface area contributed by atoms with E-state index in [2.05, 4.69) is 0 Å². The van der Waals surface area contributed by atoms with Crippen LogP contribution in [0.3, 0.4) is 0 Å². The van der Waals surface area contributed by atoms with E-state index in [1.165, 1.54) is 37.4 Å². The Bertz CT molecular complexity index is 694. The van der Waals surface area contributed by atoms with Gasteiger partial charge in [-0.25, -0.2) is 4.79 Å². The molecule has 0 aromatic rings. The van der Waals surface area contributed by atoms with Gasteiger partial charge < -0.3 is 20.3 Å². The van der Waals surface area contributed by atoms with Crippen LogP contribution in [0.1, 0.15) is 20.8 Å². The van der Waals surface area contributed by atoms with Gasteiger partial charge in [0.15, 0.2) is 0 Å². The molecule has 3 N–H and O–H groups in total. The highest BCUT2D eigenvalue weighted by molar-refractivity contribution is 8.04. The summed E-state index contributed by atoms with van der Waals surface area (Å²) in [5.74, 6) is -2.99. The highest BCUT2D eigenvalue weighted by Gasteiger charge is 2.57. The molecule has 0 saturated carbocycles. The summed E-state index contributed by atoms with van der Waals surface area (Å²) in [7, 11) is 1.65. The summed E-state index contributed by atoms with van der Waals surface area (Å²) in [6, 6.07) is 0. The minimum absolute atomic E-state index is 0.0298. The number of carbonyl (C=O) groups excluding carboxylic acids is 4. The minimum atomic E-state index is -1.12. The van der Waals surface area contributed by atoms with Crippen molar-refractivity contribution in [1.82, 2.24) is 9.80 Å².